The molecule has 3 atom stereocenters. The standard InChI is InChI=1S/C23H31ClN4O2/c1-23(2,3)27-21(29)13-28-16-5-6-17(28)9-14(8-16)11-26-22(30)19-12-25-20-7-4-15(24)10-18(19)20/h4,7,10,12,14,16-17,25H,5-6,8-9,11,13H2,1-3H3,(H,26,30)(H,27,29)/t14?,16-,17+. The largest absolute Gasteiger partial charge is 0.360 e. The lowest BCUT2D eigenvalue weighted by Gasteiger charge is -2.39. The lowest BCUT2D eigenvalue weighted by molar-refractivity contribution is -0.125. The van der Waals surface area contributed by atoms with Gasteiger partial charge in [-0.15, -0.1) is 0 Å². The van der Waals surface area contributed by atoms with Crippen molar-refractivity contribution in [2.75, 3.05) is 13.1 Å². The summed E-state index contributed by atoms with van der Waals surface area (Å²) in [6.45, 7) is 7.17. The van der Waals surface area contributed by atoms with Crippen molar-refractivity contribution in [2.45, 2.75) is 64.1 Å². The van der Waals surface area contributed by atoms with Crippen LogP contribution in [0.3, 0.4) is 0 Å². The van der Waals surface area contributed by atoms with Crippen molar-refractivity contribution in [1.82, 2.24) is 20.5 Å². The minimum absolute atomic E-state index is 0.0668. The van der Waals surface area contributed by atoms with Crippen LogP contribution in [0, 0.1) is 5.92 Å². The lowest BCUT2D eigenvalue weighted by atomic mass is 9.90. The Morgan fingerprint density at radius 3 is 2.57 bits per heavy atom. The first kappa shape index (κ1) is 21.2. The predicted octanol–water partition coefficient (Wildman–Crippen LogP) is 3.71. The van der Waals surface area contributed by atoms with Crippen LogP contribution in [0.1, 0.15) is 56.8 Å². The number of fused-ring (bicyclic) bond motifs is 3. The fraction of sp³-hybridized carbons (Fsp3) is 0.565. The third-order valence-electron chi connectivity index (χ3n) is 6.26. The second kappa shape index (κ2) is 8.23. The molecular formula is C23H31ClN4O2. The number of amides is 2. The van der Waals surface area contributed by atoms with Crippen LogP contribution < -0.4 is 10.6 Å². The highest BCUT2D eigenvalue weighted by Gasteiger charge is 2.41. The molecule has 3 heterocycles. The van der Waals surface area contributed by atoms with E-state index in [1.807, 2.05) is 39.0 Å². The molecule has 0 radical (unpaired) electrons. The number of H-pyrrole nitrogens is 1. The van der Waals surface area contributed by atoms with Gasteiger partial charge >= 0.3 is 0 Å². The summed E-state index contributed by atoms with van der Waals surface area (Å²) in [4.78, 5) is 30.7. The zero-order valence-corrected chi connectivity index (χ0v) is 18.7. The number of rotatable bonds is 5. The summed E-state index contributed by atoms with van der Waals surface area (Å²) in [6.07, 6.45) is 6.08. The summed E-state index contributed by atoms with van der Waals surface area (Å²) in [7, 11) is 0. The predicted molar refractivity (Wildman–Crippen MR) is 120 cm³/mol. The second-order valence-corrected chi connectivity index (χ2v) is 10.2. The molecule has 4 rings (SSSR count). The summed E-state index contributed by atoms with van der Waals surface area (Å²) in [5.74, 6) is 0.481. The van der Waals surface area contributed by atoms with Gasteiger partial charge in [0.2, 0.25) is 5.91 Å². The average molecular weight is 431 g/mol. The number of aromatic amines is 1. The van der Waals surface area contributed by atoms with Crippen LogP contribution in [0.25, 0.3) is 10.9 Å². The highest BCUT2D eigenvalue weighted by atomic mass is 35.5. The normalized spacial score (nSPS) is 24.2. The molecule has 2 aliphatic heterocycles. The van der Waals surface area contributed by atoms with Gasteiger partial charge in [-0.2, -0.15) is 0 Å². The van der Waals surface area contributed by atoms with Gasteiger partial charge in [0.15, 0.2) is 0 Å². The lowest BCUT2D eigenvalue weighted by Crippen LogP contribution is -2.52. The Hall–Kier alpha value is -2.05. The number of aromatic nitrogens is 1. The maximum absolute atomic E-state index is 12.8. The van der Waals surface area contributed by atoms with E-state index in [-0.39, 0.29) is 17.4 Å². The van der Waals surface area contributed by atoms with Crippen LogP contribution in [-0.2, 0) is 4.79 Å². The Bertz CT molecular complexity index is 934. The Morgan fingerprint density at radius 2 is 1.90 bits per heavy atom. The van der Waals surface area contributed by atoms with E-state index in [0.29, 0.717) is 41.7 Å². The van der Waals surface area contributed by atoms with Gasteiger partial charge < -0.3 is 15.6 Å². The fourth-order valence-electron chi connectivity index (χ4n) is 5.05. The summed E-state index contributed by atoms with van der Waals surface area (Å²) < 4.78 is 0. The van der Waals surface area contributed by atoms with E-state index in [9.17, 15) is 9.59 Å². The molecule has 2 fully saturated rings. The number of halogens is 1. The molecule has 30 heavy (non-hydrogen) atoms. The molecule has 2 amide bonds. The van der Waals surface area contributed by atoms with E-state index in [2.05, 4.69) is 20.5 Å². The zero-order chi connectivity index (χ0) is 21.5. The van der Waals surface area contributed by atoms with Crippen molar-refractivity contribution in [2.24, 2.45) is 5.92 Å². The number of nitrogens with zero attached hydrogens (tertiary/aromatic N) is 1. The average Bonchev–Trinajstić information content (AvgIpc) is 3.15. The van der Waals surface area contributed by atoms with Gasteiger partial charge in [0.1, 0.15) is 0 Å². The summed E-state index contributed by atoms with van der Waals surface area (Å²) in [5.41, 5.74) is 1.34. The second-order valence-electron chi connectivity index (χ2n) is 9.80. The monoisotopic (exact) mass is 430 g/mol. The molecule has 2 bridgehead atoms. The first-order valence-electron chi connectivity index (χ1n) is 10.8. The van der Waals surface area contributed by atoms with Gasteiger partial charge in [0.05, 0.1) is 12.1 Å². The van der Waals surface area contributed by atoms with Crippen molar-refractivity contribution in [1.29, 1.82) is 0 Å². The van der Waals surface area contributed by atoms with E-state index in [4.69, 9.17) is 11.6 Å². The molecule has 3 N–H and O–H groups in total. The minimum atomic E-state index is -0.203. The van der Waals surface area contributed by atoms with Gasteiger partial charge in [0.25, 0.3) is 5.91 Å². The zero-order valence-electron chi connectivity index (χ0n) is 17.9. The van der Waals surface area contributed by atoms with Crippen molar-refractivity contribution < 1.29 is 9.59 Å². The van der Waals surface area contributed by atoms with E-state index < -0.39 is 0 Å². The molecule has 2 saturated heterocycles. The Kier molecular flexibility index (Phi) is 5.82. The summed E-state index contributed by atoms with van der Waals surface area (Å²) in [5, 5.41) is 7.66. The first-order valence-corrected chi connectivity index (χ1v) is 11.2. The number of hydrogen-bond acceptors (Lipinski definition) is 3. The number of carbonyl (C=O) groups excluding carboxylic acids is 2. The Labute approximate surface area is 182 Å². The van der Waals surface area contributed by atoms with Crippen molar-refractivity contribution in [3.8, 4) is 0 Å². The molecule has 1 unspecified atom stereocenters. The number of carbonyl (C=O) groups is 2. The Morgan fingerprint density at radius 1 is 1.20 bits per heavy atom. The quantitative estimate of drug-likeness (QED) is 0.676. The molecule has 2 aromatic rings. The molecule has 1 aromatic carbocycles. The summed E-state index contributed by atoms with van der Waals surface area (Å²) >= 11 is 6.10. The van der Waals surface area contributed by atoms with Gasteiger partial charge in [0, 0.05) is 46.3 Å². The van der Waals surface area contributed by atoms with Crippen LogP contribution >= 0.6 is 11.6 Å². The summed E-state index contributed by atoms with van der Waals surface area (Å²) in [6, 6.07) is 6.39. The molecule has 1 aromatic heterocycles. The minimum Gasteiger partial charge on any atom is -0.360 e. The van der Waals surface area contributed by atoms with E-state index in [1.54, 1.807) is 6.20 Å². The Balaban J connectivity index is 1.32. The van der Waals surface area contributed by atoms with Gasteiger partial charge in [-0.25, -0.2) is 0 Å². The van der Waals surface area contributed by atoms with Gasteiger partial charge in [-0.3, -0.25) is 14.5 Å². The number of nitrogens with one attached hydrogen (secondary N) is 3. The van der Waals surface area contributed by atoms with Crippen LogP contribution in [0.4, 0.5) is 0 Å². The van der Waals surface area contributed by atoms with Crippen LogP contribution in [0.15, 0.2) is 24.4 Å². The van der Waals surface area contributed by atoms with Crippen LogP contribution in [0.2, 0.25) is 5.02 Å². The molecule has 7 heteroatoms. The van der Waals surface area contributed by atoms with Crippen molar-refractivity contribution >= 4 is 34.3 Å². The van der Waals surface area contributed by atoms with E-state index >= 15 is 0 Å². The topological polar surface area (TPSA) is 77.2 Å². The van der Waals surface area contributed by atoms with Gasteiger partial charge in [-0.05, 0) is 70.6 Å². The molecule has 162 valence electrons. The van der Waals surface area contributed by atoms with E-state index in [1.165, 1.54) is 0 Å². The van der Waals surface area contributed by atoms with E-state index in [0.717, 1.165) is 36.6 Å². The number of hydrogen-bond donors (Lipinski definition) is 3. The van der Waals surface area contributed by atoms with Gasteiger partial charge in [-0.1, -0.05) is 11.6 Å². The first-order chi connectivity index (χ1) is 14.2. The van der Waals surface area contributed by atoms with Crippen LogP contribution in [0.5, 0.6) is 0 Å². The number of piperidine rings is 1. The van der Waals surface area contributed by atoms with Crippen LogP contribution in [-0.4, -0.2) is 52.4 Å². The third-order valence-corrected chi connectivity index (χ3v) is 6.50. The third kappa shape index (κ3) is 4.65. The molecule has 0 saturated carbocycles. The SMILES string of the molecule is CC(C)(C)NC(=O)CN1[C@@H]2CC[C@H]1CC(CNC(=O)c1c[nH]c3ccc(Cl)cc13)C2. The fourth-order valence-corrected chi connectivity index (χ4v) is 5.22. The maximum Gasteiger partial charge on any atom is 0.253 e. The molecular weight excluding hydrogens is 400 g/mol. The number of benzene rings is 1. The molecule has 0 spiro atoms. The highest BCUT2D eigenvalue weighted by molar-refractivity contribution is 6.31. The highest BCUT2D eigenvalue weighted by Crippen LogP contribution is 2.38. The van der Waals surface area contributed by atoms with Crippen molar-refractivity contribution in [3.63, 3.8) is 0 Å². The molecule has 6 nitrogen and oxygen atoms in total. The molecule has 0 aliphatic carbocycles. The van der Waals surface area contributed by atoms with Crippen molar-refractivity contribution in [3.05, 3.63) is 35.0 Å². The smallest absolute Gasteiger partial charge is 0.253 e. The molecule has 2 aliphatic rings. The maximum atomic E-state index is 12.8.